The largest absolute Gasteiger partial charge is 0.372 e. The summed E-state index contributed by atoms with van der Waals surface area (Å²) in [6.07, 6.45) is 8.87. The fourth-order valence-corrected chi connectivity index (χ4v) is 3.58. The number of likely N-dealkylation sites (N-methyl/N-ethyl adjacent to an activating group) is 1. The van der Waals surface area contributed by atoms with E-state index in [0.717, 1.165) is 26.0 Å². The first kappa shape index (κ1) is 20.3. The van der Waals surface area contributed by atoms with Crippen LogP contribution in [0.5, 0.6) is 0 Å². The molecule has 1 unspecified atom stereocenters. The summed E-state index contributed by atoms with van der Waals surface area (Å²) in [5.41, 5.74) is 6.57. The number of nitrogens with zero attached hydrogens (tertiary/aromatic N) is 1. The number of ether oxygens (including phenoxy) is 1. The minimum Gasteiger partial charge on any atom is -0.372 e. The van der Waals surface area contributed by atoms with Crippen LogP contribution >= 0.6 is 0 Å². The average molecular weight is 374 g/mol. The van der Waals surface area contributed by atoms with Crippen molar-refractivity contribution in [3.63, 3.8) is 0 Å². The molecule has 0 aromatic heterocycles. The van der Waals surface area contributed by atoms with Crippen molar-refractivity contribution in [2.75, 3.05) is 27.2 Å². The maximum atomic E-state index is 6.01. The number of hydrogen-bond acceptors (Lipinski definition) is 2. The predicted molar refractivity (Wildman–Crippen MR) is 120 cm³/mol. The lowest BCUT2D eigenvalue weighted by atomic mass is 9.86. The lowest BCUT2D eigenvalue weighted by Crippen LogP contribution is -2.22. The van der Waals surface area contributed by atoms with Crippen molar-refractivity contribution < 1.29 is 4.74 Å². The summed E-state index contributed by atoms with van der Waals surface area (Å²) in [4.78, 5) is 2.15. The molecule has 28 heavy (non-hydrogen) atoms. The van der Waals surface area contributed by atoms with Crippen LogP contribution in [0.15, 0.2) is 84.5 Å². The van der Waals surface area contributed by atoms with E-state index in [9.17, 15) is 0 Å². The Labute approximate surface area is 169 Å². The van der Waals surface area contributed by atoms with Gasteiger partial charge in [-0.15, -0.1) is 0 Å². The third kappa shape index (κ3) is 5.31. The second kappa shape index (κ2) is 10.2. The van der Waals surface area contributed by atoms with Gasteiger partial charge in [0.05, 0.1) is 12.7 Å². The Kier molecular flexibility index (Phi) is 7.41. The van der Waals surface area contributed by atoms with Crippen LogP contribution in [0.3, 0.4) is 0 Å². The Morgan fingerprint density at radius 3 is 2.14 bits per heavy atom. The Hall–Kier alpha value is -2.42. The van der Waals surface area contributed by atoms with Gasteiger partial charge in [-0.25, -0.2) is 0 Å². The second-order valence-electron chi connectivity index (χ2n) is 7.41. The van der Waals surface area contributed by atoms with Gasteiger partial charge >= 0.3 is 0 Å². The van der Waals surface area contributed by atoms with Gasteiger partial charge in [-0.2, -0.15) is 0 Å². The van der Waals surface area contributed by atoms with Crippen LogP contribution in [0, 0.1) is 0 Å². The molecular weight excluding hydrogens is 342 g/mol. The molecule has 0 saturated carbocycles. The molecule has 0 heterocycles. The molecule has 0 aliphatic heterocycles. The van der Waals surface area contributed by atoms with E-state index in [1.165, 1.54) is 27.8 Å². The molecule has 3 rings (SSSR count). The SMILES string of the molecule is CC/C(=C(/C1=CCC(OCCN(C)C)C=C1)c1ccccc1)c1ccccc1. The lowest BCUT2D eigenvalue weighted by molar-refractivity contribution is 0.0746. The van der Waals surface area contributed by atoms with Crippen molar-refractivity contribution in [1.29, 1.82) is 0 Å². The zero-order chi connectivity index (χ0) is 19.8. The van der Waals surface area contributed by atoms with Crippen LogP contribution < -0.4 is 0 Å². The van der Waals surface area contributed by atoms with Crippen LogP contribution in [0.25, 0.3) is 11.1 Å². The Balaban J connectivity index is 1.91. The topological polar surface area (TPSA) is 12.5 Å². The van der Waals surface area contributed by atoms with Crippen molar-refractivity contribution in [1.82, 2.24) is 4.90 Å². The molecule has 146 valence electrons. The molecule has 2 aromatic rings. The van der Waals surface area contributed by atoms with Crippen molar-refractivity contribution in [2.24, 2.45) is 0 Å². The quantitative estimate of drug-likeness (QED) is 0.539. The maximum Gasteiger partial charge on any atom is 0.0794 e. The van der Waals surface area contributed by atoms with E-state index in [0.29, 0.717) is 0 Å². The fraction of sp³-hybridized carbons (Fsp3) is 0.308. The first-order valence-electron chi connectivity index (χ1n) is 10.2. The van der Waals surface area contributed by atoms with Crippen LogP contribution in [0.4, 0.5) is 0 Å². The first-order chi connectivity index (χ1) is 13.7. The zero-order valence-corrected chi connectivity index (χ0v) is 17.3. The highest BCUT2D eigenvalue weighted by Gasteiger charge is 2.17. The van der Waals surface area contributed by atoms with Gasteiger partial charge in [0.1, 0.15) is 0 Å². The summed E-state index contributed by atoms with van der Waals surface area (Å²) in [7, 11) is 4.15. The molecule has 1 aliphatic carbocycles. The average Bonchev–Trinajstić information content (AvgIpc) is 2.73. The maximum absolute atomic E-state index is 6.01. The van der Waals surface area contributed by atoms with Crippen LogP contribution in [-0.4, -0.2) is 38.3 Å². The van der Waals surface area contributed by atoms with E-state index < -0.39 is 0 Å². The lowest BCUT2D eigenvalue weighted by Gasteiger charge is -2.22. The van der Waals surface area contributed by atoms with E-state index in [-0.39, 0.29) is 6.10 Å². The Bertz CT molecular complexity index is 831. The molecule has 2 nitrogen and oxygen atoms in total. The molecule has 0 spiro atoms. The molecule has 2 heteroatoms. The summed E-state index contributed by atoms with van der Waals surface area (Å²) in [5, 5.41) is 0. The van der Waals surface area contributed by atoms with Gasteiger partial charge in [-0.3, -0.25) is 0 Å². The molecule has 0 N–H and O–H groups in total. The van der Waals surface area contributed by atoms with E-state index in [1.807, 2.05) is 0 Å². The number of hydrogen-bond donors (Lipinski definition) is 0. The molecule has 2 aromatic carbocycles. The van der Waals surface area contributed by atoms with Crippen LogP contribution in [-0.2, 0) is 4.74 Å². The van der Waals surface area contributed by atoms with Crippen LogP contribution in [0.2, 0.25) is 0 Å². The van der Waals surface area contributed by atoms with Gasteiger partial charge in [0.25, 0.3) is 0 Å². The van der Waals surface area contributed by atoms with Gasteiger partial charge in [-0.1, -0.05) is 85.8 Å². The van der Waals surface area contributed by atoms with Gasteiger partial charge in [0.2, 0.25) is 0 Å². The van der Waals surface area contributed by atoms with Crippen molar-refractivity contribution in [3.05, 3.63) is 95.6 Å². The number of allylic oxidation sites excluding steroid dienone is 4. The highest BCUT2D eigenvalue weighted by molar-refractivity contribution is 5.99. The van der Waals surface area contributed by atoms with Gasteiger partial charge < -0.3 is 9.64 Å². The van der Waals surface area contributed by atoms with Gasteiger partial charge in [0.15, 0.2) is 0 Å². The molecule has 0 amide bonds. The molecule has 0 saturated heterocycles. The molecule has 0 fully saturated rings. The number of benzene rings is 2. The summed E-state index contributed by atoms with van der Waals surface area (Å²) < 4.78 is 6.01. The second-order valence-corrected chi connectivity index (χ2v) is 7.41. The highest BCUT2D eigenvalue weighted by atomic mass is 16.5. The van der Waals surface area contributed by atoms with Gasteiger partial charge in [0, 0.05) is 6.54 Å². The zero-order valence-electron chi connectivity index (χ0n) is 17.3. The van der Waals surface area contributed by atoms with Gasteiger partial charge in [-0.05, 0) is 54.8 Å². The fourth-order valence-electron chi connectivity index (χ4n) is 3.58. The molecular formula is C26H31NO. The first-order valence-corrected chi connectivity index (χ1v) is 10.2. The summed E-state index contributed by atoms with van der Waals surface area (Å²) in [6.45, 7) is 3.95. The van der Waals surface area contributed by atoms with Crippen LogP contribution in [0.1, 0.15) is 30.9 Å². The summed E-state index contributed by atoms with van der Waals surface area (Å²) in [6, 6.07) is 21.5. The Morgan fingerprint density at radius 2 is 1.61 bits per heavy atom. The highest BCUT2D eigenvalue weighted by Crippen LogP contribution is 2.36. The van der Waals surface area contributed by atoms with E-state index >= 15 is 0 Å². The number of rotatable bonds is 8. The predicted octanol–water partition coefficient (Wildman–Crippen LogP) is 5.84. The summed E-state index contributed by atoms with van der Waals surface area (Å²) in [5.74, 6) is 0. The molecule has 1 aliphatic rings. The van der Waals surface area contributed by atoms with E-state index in [2.05, 4.69) is 105 Å². The minimum absolute atomic E-state index is 0.169. The van der Waals surface area contributed by atoms with E-state index in [4.69, 9.17) is 4.74 Å². The molecule has 0 radical (unpaired) electrons. The standard InChI is InChI=1S/C26H31NO/c1-4-25(21-11-7-5-8-12-21)26(22-13-9-6-10-14-22)23-15-17-24(18-16-23)28-20-19-27(2)3/h5-17,24H,4,18-20H2,1-3H3/b26-25-. The monoisotopic (exact) mass is 373 g/mol. The third-order valence-electron chi connectivity index (χ3n) is 5.06. The summed E-state index contributed by atoms with van der Waals surface area (Å²) >= 11 is 0. The smallest absolute Gasteiger partial charge is 0.0794 e. The minimum atomic E-state index is 0.169. The molecule has 1 atom stereocenters. The van der Waals surface area contributed by atoms with Crippen molar-refractivity contribution >= 4 is 11.1 Å². The van der Waals surface area contributed by atoms with Crippen molar-refractivity contribution in [2.45, 2.75) is 25.9 Å². The third-order valence-corrected chi connectivity index (χ3v) is 5.06. The van der Waals surface area contributed by atoms with Crippen molar-refractivity contribution in [3.8, 4) is 0 Å². The Morgan fingerprint density at radius 1 is 0.964 bits per heavy atom. The molecule has 0 bridgehead atoms. The van der Waals surface area contributed by atoms with E-state index in [1.54, 1.807) is 0 Å². The normalized spacial score (nSPS) is 17.4.